The van der Waals surface area contributed by atoms with Crippen LogP contribution in [0.4, 0.5) is 0 Å². The van der Waals surface area contributed by atoms with Gasteiger partial charge in [0.2, 0.25) is 0 Å². The summed E-state index contributed by atoms with van der Waals surface area (Å²) in [6.07, 6.45) is 1.22. The van der Waals surface area contributed by atoms with E-state index in [0.717, 1.165) is 5.56 Å². The van der Waals surface area contributed by atoms with E-state index < -0.39 is 0 Å². The molecule has 3 nitrogen and oxygen atoms in total. The van der Waals surface area contributed by atoms with Crippen LogP contribution in [0.5, 0.6) is 5.75 Å². The molecule has 0 heterocycles. The van der Waals surface area contributed by atoms with Gasteiger partial charge in [0.15, 0.2) is 0 Å². The third-order valence-electron chi connectivity index (χ3n) is 2.37. The zero-order valence-corrected chi connectivity index (χ0v) is 14.2. The lowest BCUT2D eigenvalue weighted by Gasteiger charge is -2.13. The molecule has 0 aromatic heterocycles. The number of esters is 1. The molecular formula is C14H15BrCl2O3. The lowest BCUT2D eigenvalue weighted by atomic mass is 10.1. The van der Waals surface area contributed by atoms with E-state index in [2.05, 4.69) is 15.9 Å². The van der Waals surface area contributed by atoms with Gasteiger partial charge in [0.1, 0.15) is 27.9 Å². The van der Waals surface area contributed by atoms with Gasteiger partial charge in [0.05, 0.1) is 0 Å². The Morgan fingerprint density at radius 2 is 2.10 bits per heavy atom. The highest BCUT2D eigenvalue weighted by atomic mass is 79.9. The number of benzene rings is 1. The summed E-state index contributed by atoms with van der Waals surface area (Å²) in [6, 6.07) is 7.13. The summed E-state index contributed by atoms with van der Waals surface area (Å²) in [5.41, 5.74) is 0.818. The molecule has 6 heteroatoms. The first kappa shape index (κ1) is 17.3. The second kappa shape index (κ2) is 8.55. The maximum absolute atomic E-state index is 11.7. The Labute approximate surface area is 137 Å². The molecule has 1 atom stereocenters. The fourth-order valence-corrected chi connectivity index (χ4v) is 1.55. The van der Waals surface area contributed by atoms with E-state index in [0.29, 0.717) is 5.75 Å². The standard InChI is InChI=1S/C14H15BrCl2O3/c1-9(2)13(15)14(18)20-7-10-4-3-5-11(6-10)19-8-12(16)17/h3-6,8-9,13H,7H2,1-2H3. The van der Waals surface area contributed by atoms with Gasteiger partial charge in [-0.2, -0.15) is 0 Å². The Morgan fingerprint density at radius 3 is 2.70 bits per heavy atom. The zero-order valence-electron chi connectivity index (χ0n) is 11.1. The van der Waals surface area contributed by atoms with Crippen LogP contribution in [0, 0.1) is 5.92 Å². The number of halogens is 3. The normalized spacial score (nSPS) is 11.9. The number of hydrogen-bond acceptors (Lipinski definition) is 3. The Balaban J connectivity index is 2.58. The van der Waals surface area contributed by atoms with E-state index in [4.69, 9.17) is 32.7 Å². The van der Waals surface area contributed by atoms with E-state index >= 15 is 0 Å². The maximum Gasteiger partial charge on any atom is 0.320 e. The van der Waals surface area contributed by atoms with Crippen molar-refractivity contribution in [1.29, 1.82) is 0 Å². The van der Waals surface area contributed by atoms with E-state index in [1.165, 1.54) is 6.26 Å². The van der Waals surface area contributed by atoms with Gasteiger partial charge in [0, 0.05) is 0 Å². The highest BCUT2D eigenvalue weighted by molar-refractivity contribution is 9.10. The number of carbonyl (C=O) groups excluding carboxylic acids is 1. The lowest BCUT2D eigenvalue weighted by Crippen LogP contribution is -2.22. The molecule has 0 aliphatic rings. The van der Waals surface area contributed by atoms with Crippen LogP contribution in [0.3, 0.4) is 0 Å². The fourth-order valence-electron chi connectivity index (χ4n) is 1.33. The van der Waals surface area contributed by atoms with Crippen molar-refractivity contribution in [2.45, 2.75) is 25.3 Å². The molecule has 0 N–H and O–H groups in total. The molecule has 20 heavy (non-hydrogen) atoms. The number of rotatable bonds is 6. The van der Waals surface area contributed by atoms with Crippen LogP contribution < -0.4 is 4.74 Å². The van der Waals surface area contributed by atoms with Gasteiger partial charge in [-0.05, 0) is 23.6 Å². The molecule has 0 saturated carbocycles. The zero-order chi connectivity index (χ0) is 15.1. The van der Waals surface area contributed by atoms with Crippen molar-refractivity contribution in [2.75, 3.05) is 0 Å². The third kappa shape index (κ3) is 6.16. The van der Waals surface area contributed by atoms with E-state index in [-0.39, 0.29) is 27.8 Å². The molecule has 0 aliphatic carbocycles. The second-order valence-electron chi connectivity index (χ2n) is 4.43. The van der Waals surface area contributed by atoms with Gasteiger partial charge < -0.3 is 9.47 Å². The summed E-state index contributed by atoms with van der Waals surface area (Å²) < 4.78 is 10.5. The van der Waals surface area contributed by atoms with Crippen LogP contribution in [-0.4, -0.2) is 10.8 Å². The number of alkyl halides is 1. The molecule has 0 radical (unpaired) electrons. The second-order valence-corrected chi connectivity index (χ2v) is 6.42. The predicted molar refractivity (Wildman–Crippen MR) is 84.2 cm³/mol. The summed E-state index contributed by atoms with van der Waals surface area (Å²) in [6.45, 7) is 4.07. The highest BCUT2D eigenvalue weighted by Gasteiger charge is 2.20. The first-order valence-electron chi connectivity index (χ1n) is 5.97. The highest BCUT2D eigenvalue weighted by Crippen LogP contribution is 2.18. The molecule has 0 saturated heterocycles. The van der Waals surface area contributed by atoms with Crippen molar-refractivity contribution in [3.8, 4) is 5.75 Å². The van der Waals surface area contributed by atoms with Crippen molar-refractivity contribution in [2.24, 2.45) is 5.92 Å². The molecule has 0 spiro atoms. The van der Waals surface area contributed by atoms with Crippen molar-refractivity contribution < 1.29 is 14.3 Å². The molecule has 1 unspecified atom stereocenters. The van der Waals surface area contributed by atoms with Crippen molar-refractivity contribution in [3.05, 3.63) is 40.6 Å². The molecule has 1 aromatic carbocycles. The summed E-state index contributed by atoms with van der Waals surface area (Å²) >= 11 is 14.2. The molecule has 0 bridgehead atoms. The monoisotopic (exact) mass is 380 g/mol. The first-order chi connectivity index (χ1) is 9.40. The predicted octanol–water partition coefficient (Wildman–Crippen LogP) is 4.80. The van der Waals surface area contributed by atoms with Gasteiger partial charge in [-0.15, -0.1) is 0 Å². The minimum atomic E-state index is -0.306. The van der Waals surface area contributed by atoms with Gasteiger partial charge in [-0.3, -0.25) is 4.79 Å². The molecule has 110 valence electrons. The van der Waals surface area contributed by atoms with Gasteiger partial charge in [0.25, 0.3) is 0 Å². The molecule has 0 aliphatic heterocycles. The van der Waals surface area contributed by atoms with Crippen molar-refractivity contribution >= 4 is 45.1 Å². The average molecular weight is 382 g/mol. The number of hydrogen-bond donors (Lipinski definition) is 0. The van der Waals surface area contributed by atoms with Crippen LogP contribution in [0.2, 0.25) is 0 Å². The van der Waals surface area contributed by atoms with Crippen LogP contribution in [-0.2, 0) is 16.1 Å². The summed E-state index contributed by atoms with van der Waals surface area (Å²) in [7, 11) is 0. The summed E-state index contributed by atoms with van der Waals surface area (Å²) in [5.74, 6) is 0.458. The minimum Gasteiger partial charge on any atom is -0.462 e. The van der Waals surface area contributed by atoms with Crippen molar-refractivity contribution in [1.82, 2.24) is 0 Å². The van der Waals surface area contributed by atoms with Gasteiger partial charge >= 0.3 is 5.97 Å². The summed E-state index contributed by atoms with van der Waals surface area (Å²) in [5, 5.41) is 0. The van der Waals surface area contributed by atoms with Crippen LogP contribution >= 0.6 is 39.1 Å². The SMILES string of the molecule is CC(C)C(Br)C(=O)OCc1cccc(OC=C(Cl)Cl)c1. The van der Waals surface area contributed by atoms with Crippen LogP contribution in [0.1, 0.15) is 19.4 Å². The molecular weight excluding hydrogens is 367 g/mol. The molecule has 1 aromatic rings. The van der Waals surface area contributed by atoms with Crippen LogP contribution in [0.25, 0.3) is 0 Å². The smallest absolute Gasteiger partial charge is 0.320 e. The van der Waals surface area contributed by atoms with Gasteiger partial charge in [-0.1, -0.05) is 65.1 Å². The fraction of sp³-hybridized carbons (Fsp3) is 0.357. The third-order valence-corrected chi connectivity index (χ3v) is 3.98. The van der Waals surface area contributed by atoms with E-state index in [1.54, 1.807) is 18.2 Å². The van der Waals surface area contributed by atoms with E-state index in [1.807, 2.05) is 19.9 Å². The number of carbonyl (C=O) groups is 1. The van der Waals surface area contributed by atoms with Gasteiger partial charge in [-0.25, -0.2) is 0 Å². The summed E-state index contributed by atoms with van der Waals surface area (Å²) in [4.78, 5) is 11.4. The first-order valence-corrected chi connectivity index (χ1v) is 7.64. The maximum atomic E-state index is 11.7. The minimum absolute atomic E-state index is 0.0286. The van der Waals surface area contributed by atoms with E-state index in [9.17, 15) is 4.79 Å². The topological polar surface area (TPSA) is 35.5 Å². The molecule has 0 amide bonds. The average Bonchev–Trinajstić information content (AvgIpc) is 2.42. The molecule has 1 rings (SSSR count). The molecule has 0 fully saturated rings. The van der Waals surface area contributed by atoms with Crippen molar-refractivity contribution in [3.63, 3.8) is 0 Å². The Kier molecular flexibility index (Phi) is 7.41. The quantitative estimate of drug-likeness (QED) is 0.403. The van der Waals surface area contributed by atoms with Crippen LogP contribution in [0.15, 0.2) is 35.0 Å². The Hall–Kier alpha value is -0.710. The lowest BCUT2D eigenvalue weighted by molar-refractivity contribution is -0.144. The largest absolute Gasteiger partial charge is 0.462 e. The Morgan fingerprint density at radius 1 is 1.40 bits per heavy atom. The Bertz CT molecular complexity index is 485. The number of ether oxygens (including phenoxy) is 2.